The van der Waals surface area contributed by atoms with Crippen LogP contribution in [0, 0.1) is 0 Å². The minimum absolute atomic E-state index is 0.215. The van der Waals surface area contributed by atoms with Crippen molar-refractivity contribution in [2.45, 2.75) is 58.2 Å². The van der Waals surface area contributed by atoms with Gasteiger partial charge in [0.05, 0.1) is 6.20 Å². The van der Waals surface area contributed by atoms with Crippen molar-refractivity contribution in [3.63, 3.8) is 0 Å². The van der Waals surface area contributed by atoms with Crippen molar-refractivity contribution >= 4 is 6.09 Å². The summed E-state index contributed by atoms with van der Waals surface area (Å²) >= 11 is 0. The highest BCUT2D eigenvalue weighted by Gasteiger charge is 2.28. The van der Waals surface area contributed by atoms with Crippen molar-refractivity contribution in [1.29, 1.82) is 0 Å². The monoisotopic (exact) mass is 294 g/mol. The second-order valence-corrected chi connectivity index (χ2v) is 6.69. The molecule has 118 valence electrons. The molecule has 2 N–H and O–H groups in total. The summed E-state index contributed by atoms with van der Waals surface area (Å²) < 4.78 is 5.45. The number of amides is 1. The third-order valence-electron chi connectivity index (χ3n) is 3.58. The fraction of sp³-hybridized carbons (Fsp3) is 0.733. The Labute approximate surface area is 126 Å². The van der Waals surface area contributed by atoms with Gasteiger partial charge in [-0.25, -0.2) is 4.79 Å². The lowest BCUT2D eigenvalue weighted by molar-refractivity contribution is 0.0184. The zero-order valence-corrected chi connectivity index (χ0v) is 13.3. The Balaban J connectivity index is 1.87. The molecule has 1 amide bonds. The van der Waals surface area contributed by atoms with Crippen molar-refractivity contribution in [2.24, 2.45) is 0 Å². The van der Waals surface area contributed by atoms with Gasteiger partial charge in [0.25, 0.3) is 0 Å². The Hall–Kier alpha value is -1.56. The van der Waals surface area contributed by atoms with Crippen LogP contribution in [0.4, 0.5) is 4.79 Å². The Kier molecular flexibility index (Phi) is 4.88. The normalized spacial score (nSPS) is 21.1. The van der Waals surface area contributed by atoms with E-state index in [0.717, 1.165) is 24.9 Å². The summed E-state index contributed by atoms with van der Waals surface area (Å²) in [7, 11) is 0. The number of rotatable bonds is 3. The number of carbonyl (C=O) groups is 1. The largest absolute Gasteiger partial charge is 0.444 e. The summed E-state index contributed by atoms with van der Waals surface area (Å²) in [5.41, 5.74) is 0.686. The summed E-state index contributed by atoms with van der Waals surface area (Å²) in [4.78, 5) is 13.9. The number of H-pyrrole nitrogens is 1. The molecule has 2 rings (SSSR count). The van der Waals surface area contributed by atoms with Crippen LogP contribution in [0.2, 0.25) is 0 Å². The van der Waals surface area contributed by atoms with Crippen LogP contribution in [0.3, 0.4) is 0 Å². The van der Waals surface area contributed by atoms with E-state index in [1.54, 1.807) is 4.90 Å². The number of hydrogen-bond acceptors (Lipinski definition) is 4. The minimum atomic E-state index is -0.443. The van der Waals surface area contributed by atoms with Gasteiger partial charge in [-0.15, -0.1) is 0 Å². The fourth-order valence-corrected chi connectivity index (χ4v) is 2.55. The number of carbonyl (C=O) groups excluding carboxylic acids is 1. The first-order chi connectivity index (χ1) is 9.85. The van der Waals surface area contributed by atoms with Gasteiger partial charge >= 0.3 is 6.09 Å². The first-order valence-electron chi connectivity index (χ1n) is 7.58. The molecule has 1 aliphatic rings. The van der Waals surface area contributed by atoms with Gasteiger partial charge < -0.3 is 15.0 Å². The second-order valence-electron chi connectivity index (χ2n) is 6.69. The van der Waals surface area contributed by atoms with Crippen LogP contribution in [0.5, 0.6) is 0 Å². The number of likely N-dealkylation sites (tertiary alicyclic amines) is 1. The van der Waals surface area contributed by atoms with Gasteiger partial charge in [-0.05, 0) is 40.5 Å². The lowest BCUT2D eigenvalue weighted by Crippen LogP contribution is -2.49. The Morgan fingerprint density at radius 1 is 1.57 bits per heavy atom. The Morgan fingerprint density at radius 3 is 2.95 bits per heavy atom. The predicted molar refractivity (Wildman–Crippen MR) is 81.0 cm³/mol. The van der Waals surface area contributed by atoms with E-state index in [1.165, 1.54) is 0 Å². The molecule has 2 heterocycles. The minimum Gasteiger partial charge on any atom is -0.444 e. The third kappa shape index (κ3) is 4.74. The number of hydrogen-bond donors (Lipinski definition) is 2. The van der Waals surface area contributed by atoms with Gasteiger partial charge in [0.15, 0.2) is 0 Å². The Morgan fingerprint density at radius 2 is 2.33 bits per heavy atom. The molecule has 21 heavy (non-hydrogen) atoms. The molecule has 2 atom stereocenters. The van der Waals surface area contributed by atoms with Crippen LogP contribution < -0.4 is 5.32 Å². The summed E-state index contributed by atoms with van der Waals surface area (Å²) in [5, 5.41) is 10.4. The zero-order valence-electron chi connectivity index (χ0n) is 13.3. The fourth-order valence-electron chi connectivity index (χ4n) is 2.55. The molecule has 0 spiro atoms. The van der Waals surface area contributed by atoms with Gasteiger partial charge in [0, 0.05) is 36.9 Å². The molecular formula is C15H26N4O2. The number of nitrogens with one attached hydrogen (secondary N) is 2. The molecule has 0 bridgehead atoms. The van der Waals surface area contributed by atoms with E-state index in [9.17, 15) is 4.79 Å². The number of nitrogens with zero attached hydrogens (tertiary/aromatic N) is 2. The SMILES string of the molecule is CC(NC1CCCN(C(=O)OC(C)(C)C)C1)c1cn[nH]c1. The highest BCUT2D eigenvalue weighted by atomic mass is 16.6. The molecule has 1 aliphatic heterocycles. The van der Waals surface area contributed by atoms with Crippen molar-refractivity contribution < 1.29 is 9.53 Å². The molecule has 6 heteroatoms. The lowest BCUT2D eigenvalue weighted by Gasteiger charge is -2.35. The molecule has 0 saturated carbocycles. The number of piperidine rings is 1. The average molecular weight is 294 g/mol. The molecule has 2 unspecified atom stereocenters. The van der Waals surface area contributed by atoms with E-state index in [0.29, 0.717) is 6.54 Å². The molecule has 1 saturated heterocycles. The van der Waals surface area contributed by atoms with E-state index >= 15 is 0 Å². The quantitative estimate of drug-likeness (QED) is 0.898. The summed E-state index contributed by atoms with van der Waals surface area (Å²) in [6.45, 7) is 9.25. The van der Waals surface area contributed by atoms with Gasteiger partial charge in [0.2, 0.25) is 0 Å². The predicted octanol–water partition coefficient (Wildman–Crippen LogP) is 2.46. The van der Waals surface area contributed by atoms with Gasteiger partial charge in [-0.2, -0.15) is 5.10 Å². The standard InChI is InChI=1S/C15H26N4O2/c1-11(12-8-16-17-9-12)18-13-6-5-7-19(10-13)14(20)21-15(2,3)4/h8-9,11,13,18H,5-7,10H2,1-4H3,(H,16,17). The van der Waals surface area contributed by atoms with Crippen molar-refractivity contribution in [3.8, 4) is 0 Å². The third-order valence-corrected chi connectivity index (χ3v) is 3.58. The Bertz CT molecular complexity index is 453. The highest BCUT2D eigenvalue weighted by Crippen LogP contribution is 2.18. The van der Waals surface area contributed by atoms with Crippen LogP contribution in [0.15, 0.2) is 12.4 Å². The van der Waals surface area contributed by atoms with Gasteiger partial charge in [-0.3, -0.25) is 5.10 Å². The van der Waals surface area contributed by atoms with Crippen molar-refractivity contribution in [2.75, 3.05) is 13.1 Å². The molecule has 0 aliphatic carbocycles. The van der Waals surface area contributed by atoms with Crippen LogP contribution in [-0.2, 0) is 4.74 Å². The van der Waals surface area contributed by atoms with E-state index in [2.05, 4.69) is 22.4 Å². The highest BCUT2D eigenvalue weighted by molar-refractivity contribution is 5.68. The van der Waals surface area contributed by atoms with Crippen molar-refractivity contribution in [3.05, 3.63) is 18.0 Å². The molecule has 1 fully saturated rings. The maximum absolute atomic E-state index is 12.1. The van der Waals surface area contributed by atoms with E-state index < -0.39 is 5.60 Å². The summed E-state index contributed by atoms with van der Waals surface area (Å²) in [6.07, 6.45) is 5.57. The number of aromatic amines is 1. The van der Waals surface area contributed by atoms with Crippen LogP contribution in [0.1, 0.15) is 52.1 Å². The topological polar surface area (TPSA) is 70.2 Å². The lowest BCUT2D eigenvalue weighted by atomic mass is 10.0. The summed E-state index contributed by atoms with van der Waals surface area (Å²) in [6, 6.07) is 0.503. The number of aromatic nitrogens is 2. The van der Waals surface area contributed by atoms with E-state index in [1.807, 2.05) is 33.2 Å². The molecular weight excluding hydrogens is 268 g/mol. The maximum Gasteiger partial charge on any atom is 0.410 e. The van der Waals surface area contributed by atoms with Crippen molar-refractivity contribution in [1.82, 2.24) is 20.4 Å². The van der Waals surface area contributed by atoms with Gasteiger partial charge in [0.1, 0.15) is 5.60 Å². The van der Waals surface area contributed by atoms with Crippen LogP contribution in [-0.4, -0.2) is 45.9 Å². The molecule has 1 aromatic rings. The van der Waals surface area contributed by atoms with Crippen LogP contribution >= 0.6 is 0 Å². The van der Waals surface area contributed by atoms with Gasteiger partial charge in [-0.1, -0.05) is 0 Å². The summed E-state index contributed by atoms with van der Waals surface area (Å²) in [5.74, 6) is 0. The molecule has 0 radical (unpaired) electrons. The average Bonchev–Trinajstić information content (AvgIpc) is 2.91. The zero-order chi connectivity index (χ0) is 15.5. The maximum atomic E-state index is 12.1. The molecule has 1 aromatic heterocycles. The number of ether oxygens (including phenoxy) is 1. The second kappa shape index (κ2) is 6.47. The van der Waals surface area contributed by atoms with E-state index in [-0.39, 0.29) is 18.2 Å². The first-order valence-corrected chi connectivity index (χ1v) is 7.58. The van der Waals surface area contributed by atoms with Crippen LogP contribution in [0.25, 0.3) is 0 Å². The molecule has 0 aromatic carbocycles. The first kappa shape index (κ1) is 15.8. The smallest absolute Gasteiger partial charge is 0.410 e. The van der Waals surface area contributed by atoms with E-state index in [4.69, 9.17) is 4.74 Å². The molecule has 6 nitrogen and oxygen atoms in total.